The van der Waals surface area contributed by atoms with Crippen molar-refractivity contribution in [1.82, 2.24) is 9.36 Å². The van der Waals surface area contributed by atoms with Crippen LogP contribution in [0.15, 0.2) is 34.2 Å². The number of aliphatic hydroxyl groups is 1. The molecule has 1 aromatic heterocycles. The largest absolute Gasteiger partial charge is 0.490 e. The fourth-order valence-electron chi connectivity index (χ4n) is 3.90. The first kappa shape index (κ1) is 26.2. The highest BCUT2D eigenvalue weighted by atomic mass is 32.2. The summed E-state index contributed by atoms with van der Waals surface area (Å²) in [6, 6.07) is 5.70. The third kappa shape index (κ3) is 6.17. The van der Waals surface area contributed by atoms with Crippen LogP contribution in [0.3, 0.4) is 0 Å². The second-order valence-corrected chi connectivity index (χ2v) is 12.3. The molecular weight excluding hydrogens is 456 g/mol. The van der Waals surface area contributed by atoms with Crippen molar-refractivity contribution in [3.05, 3.63) is 41.0 Å². The molecule has 1 amide bonds. The number of primary sulfonamides is 1. The van der Waals surface area contributed by atoms with E-state index in [1.165, 1.54) is 24.6 Å². The molecule has 1 aliphatic carbocycles. The molecule has 10 heteroatoms. The van der Waals surface area contributed by atoms with Gasteiger partial charge in [0.2, 0.25) is 10.0 Å². The van der Waals surface area contributed by atoms with Gasteiger partial charge in [0.05, 0.1) is 16.1 Å². The first-order valence-corrected chi connectivity index (χ1v) is 13.0. The molecule has 1 fully saturated rings. The number of sulfonamides is 1. The van der Waals surface area contributed by atoms with E-state index in [2.05, 4.69) is 25.8 Å². The van der Waals surface area contributed by atoms with Crippen LogP contribution in [-0.4, -0.2) is 41.0 Å². The molecule has 3 rings (SSSR count). The van der Waals surface area contributed by atoms with Gasteiger partial charge in [-0.25, -0.2) is 13.6 Å². The molecular formula is C24H36N4O5S. The molecule has 1 aliphatic rings. The highest BCUT2D eigenvalue weighted by molar-refractivity contribution is 7.89. The second-order valence-electron chi connectivity index (χ2n) is 10.8. The zero-order chi connectivity index (χ0) is 25.5. The van der Waals surface area contributed by atoms with E-state index in [1.54, 1.807) is 13.8 Å². The van der Waals surface area contributed by atoms with E-state index in [1.807, 2.05) is 22.5 Å². The highest BCUT2D eigenvalue weighted by Gasteiger charge is 2.25. The summed E-state index contributed by atoms with van der Waals surface area (Å²) in [5.74, 6) is 0.0114. The van der Waals surface area contributed by atoms with E-state index < -0.39 is 21.5 Å². The fraction of sp³-hybridized carbons (Fsp3) is 0.583. The van der Waals surface area contributed by atoms with Crippen LogP contribution in [0.1, 0.15) is 69.9 Å². The average Bonchev–Trinajstić information content (AvgIpc) is 2.97. The normalized spacial score (nSPS) is 15.9. The number of carbonyl (C=O) groups is 1. The maximum atomic E-state index is 13.4. The van der Waals surface area contributed by atoms with Crippen molar-refractivity contribution in [2.75, 3.05) is 6.61 Å². The summed E-state index contributed by atoms with van der Waals surface area (Å²) in [7, 11) is -2.08. The van der Waals surface area contributed by atoms with Crippen LogP contribution in [0, 0.1) is 5.92 Å². The van der Waals surface area contributed by atoms with Gasteiger partial charge in [-0.15, -0.1) is 0 Å². The van der Waals surface area contributed by atoms with Crippen molar-refractivity contribution in [3.8, 4) is 5.75 Å². The van der Waals surface area contributed by atoms with E-state index >= 15 is 0 Å². The van der Waals surface area contributed by atoms with Gasteiger partial charge in [0.25, 0.3) is 5.91 Å². The Hall–Kier alpha value is -2.43. The van der Waals surface area contributed by atoms with Crippen molar-refractivity contribution in [2.45, 2.75) is 76.3 Å². The number of hydrogen-bond acceptors (Lipinski definition) is 5. The molecule has 2 aromatic rings. The zero-order valence-corrected chi connectivity index (χ0v) is 21.6. The van der Waals surface area contributed by atoms with Gasteiger partial charge < -0.3 is 9.84 Å². The third-order valence-electron chi connectivity index (χ3n) is 5.97. The van der Waals surface area contributed by atoms with Crippen LogP contribution in [0.4, 0.5) is 0 Å². The van der Waals surface area contributed by atoms with E-state index in [-0.39, 0.29) is 28.2 Å². The van der Waals surface area contributed by atoms with Crippen molar-refractivity contribution >= 4 is 15.9 Å². The molecule has 1 saturated carbocycles. The van der Waals surface area contributed by atoms with Crippen LogP contribution >= 0.6 is 0 Å². The molecule has 0 radical (unpaired) electrons. The summed E-state index contributed by atoms with van der Waals surface area (Å²) in [6.07, 6.45) is 3.49. The third-order valence-corrected chi connectivity index (χ3v) is 6.88. The second kappa shape index (κ2) is 9.31. The monoisotopic (exact) mass is 492 g/mol. The molecule has 1 aromatic carbocycles. The Balaban J connectivity index is 2.12. The lowest BCUT2D eigenvalue weighted by molar-refractivity contribution is 0.0280. The number of carbonyl (C=O) groups excluding carboxylic acids is 1. The Morgan fingerprint density at radius 3 is 2.35 bits per heavy atom. The SMILES string of the molecule is Cn1c(C(C)(C)C)cc(=NC(=O)c2cc(S(N)(=O)=O)ccc2OCC(C)(C)O)n1CC1CCC1. The number of nitrogens with zero attached hydrogens (tertiary/aromatic N) is 3. The molecule has 0 bridgehead atoms. The van der Waals surface area contributed by atoms with Crippen LogP contribution in [0.2, 0.25) is 0 Å². The molecule has 34 heavy (non-hydrogen) atoms. The lowest BCUT2D eigenvalue weighted by Gasteiger charge is -2.27. The fourth-order valence-corrected chi connectivity index (χ4v) is 4.44. The molecule has 9 nitrogen and oxygen atoms in total. The van der Waals surface area contributed by atoms with Crippen LogP contribution < -0.4 is 15.4 Å². The number of ether oxygens (including phenoxy) is 1. The number of benzene rings is 1. The quantitative estimate of drug-likeness (QED) is 0.613. The topological polar surface area (TPSA) is 129 Å². The summed E-state index contributed by atoms with van der Waals surface area (Å²) in [6.45, 7) is 10.1. The van der Waals surface area contributed by atoms with Gasteiger partial charge in [-0.1, -0.05) is 27.2 Å². The summed E-state index contributed by atoms with van der Waals surface area (Å²) >= 11 is 0. The van der Waals surface area contributed by atoms with Gasteiger partial charge >= 0.3 is 0 Å². The van der Waals surface area contributed by atoms with Gasteiger partial charge in [0, 0.05) is 30.8 Å². The predicted molar refractivity (Wildman–Crippen MR) is 129 cm³/mol. The molecule has 188 valence electrons. The molecule has 0 atom stereocenters. The maximum absolute atomic E-state index is 13.4. The maximum Gasteiger partial charge on any atom is 0.282 e. The number of amides is 1. The number of hydrogen-bond donors (Lipinski definition) is 2. The summed E-state index contributed by atoms with van der Waals surface area (Å²) in [5.41, 5.74) is 0.172. The standard InChI is InChI=1S/C24H36N4O5S/c1-23(2,3)20-13-21(28(27(20)6)14-16-8-7-9-16)26-22(29)18-12-17(34(25,31)32)10-11-19(18)33-15-24(4,5)30/h10-13,16,30H,7-9,14-15H2,1-6H3,(H2,25,31,32). The number of aromatic nitrogens is 2. The Bertz CT molecular complexity index is 1240. The molecule has 0 saturated heterocycles. The summed E-state index contributed by atoms with van der Waals surface area (Å²) in [5, 5.41) is 15.3. The smallest absolute Gasteiger partial charge is 0.282 e. The molecule has 0 unspecified atom stereocenters. The van der Waals surface area contributed by atoms with Crippen LogP contribution in [0.5, 0.6) is 5.75 Å². The van der Waals surface area contributed by atoms with Crippen molar-refractivity contribution in [2.24, 2.45) is 23.1 Å². The summed E-state index contributed by atoms with van der Waals surface area (Å²) in [4.78, 5) is 17.5. The minimum Gasteiger partial charge on any atom is -0.490 e. The van der Waals surface area contributed by atoms with E-state index in [0.717, 1.165) is 25.1 Å². The molecule has 0 aliphatic heterocycles. The molecule has 0 spiro atoms. The molecule has 1 heterocycles. The highest BCUT2D eigenvalue weighted by Crippen LogP contribution is 2.29. The minimum absolute atomic E-state index is 0.0351. The Kier molecular flexibility index (Phi) is 7.17. The van der Waals surface area contributed by atoms with Crippen LogP contribution in [0.25, 0.3) is 0 Å². The Morgan fingerprint density at radius 1 is 1.21 bits per heavy atom. The predicted octanol–water partition coefficient (Wildman–Crippen LogP) is 2.46. The van der Waals surface area contributed by atoms with Gasteiger partial charge in [-0.2, -0.15) is 4.99 Å². The number of rotatable bonds is 7. The number of nitrogens with two attached hydrogens (primary N) is 1. The van der Waals surface area contributed by atoms with E-state index in [9.17, 15) is 18.3 Å². The lowest BCUT2D eigenvalue weighted by atomic mass is 9.85. The minimum atomic E-state index is -4.04. The first-order valence-electron chi connectivity index (χ1n) is 11.4. The average molecular weight is 493 g/mol. The summed E-state index contributed by atoms with van der Waals surface area (Å²) < 4.78 is 33.5. The Morgan fingerprint density at radius 2 is 1.85 bits per heavy atom. The first-order chi connectivity index (χ1) is 15.6. The van der Waals surface area contributed by atoms with Crippen molar-refractivity contribution in [1.29, 1.82) is 0 Å². The van der Waals surface area contributed by atoms with Crippen molar-refractivity contribution in [3.63, 3.8) is 0 Å². The van der Waals surface area contributed by atoms with Gasteiger partial charge in [0.1, 0.15) is 12.4 Å². The lowest BCUT2D eigenvalue weighted by Crippen LogP contribution is -2.31. The van der Waals surface area contributed by atoms with E-state index in [4.69, 9.17) is 9.88 Å². The van der Waals surface area contributed by atoms with Gasteiger partial charge in [-0.05, 0) is 50.8 Å². The van der Waals surface area contributed by atoms with E-state index in [0.29, 0.717) is 11.4 Å². The van der Waals surface area contributed by atoms with Gasteiger partial charge in [0.15, 0.2) is 5.49 Å². The van der Waals surface area contributed by atoms with Crippen LogP contribution in [-0.2, 0) is 29.0 Å². The van der Waals surface area contributed by atoms with Crippen molar-refractivity contribution < 1.29 is 23.1 Å². The molecule has 3 N–H and O–H groups in total. The zero-order valence-electron chi connectivity index (χ0n) is 20.8. The Labute approximate surface area is 201 Å². The van der Waals surface area contributed by atoms with Gasteiger partial charge in [-0.3, -0.25) is 14.2 Å².